The van der Waals surface area contributed by atoms with Crippen LogP contribution in [0.2, 0.25) is 0 Å². The predicted octanol–water partition coefficient (Wildman–Crippen LogP) is 3.45. The van der Waals surface area contributed by atoms with E-state index in [2.05, 4.69) is 5.32 Å². The van der Waals surface area contributed by atoms with Crippen LogP contribution in [0.3, 0.4) is 0 Å². The minimum absolute atomic E-state index is 0.0483. The number of non-ortho nitro benzene ring substituents is 1. The number of hydrogen-bond acceptors (Lipinski definition) is 6. The highest BCUT2D eigenvalue weighted by Gasteiger charge is 2.22. The fourth-order valence-corrected chi connectivity index (χ4v) is 3.81. The number of anilines is 1. The first-order chi connectivity index (χ1) is 16.4. The Morgan fingerprint density at radius 2 is 1.62 bits per heavy atom. The Balaban J connectivity index is 1.64. The van der Waals surface area contributed by atoms with Crippen LogP contribution in [-0.4, -0.2) is 20.0 Å². The zero-order chi connectivity index (χ0) is 23.8. The number of rotatable bonds is 5. The molecule has 2 aromatic heterocycles. The number of fused-ring (bicyclic) bond motifs is 3. The van der Waals surface area contributed by atoms with E-state index in [-0.39, 0.29) is 16.8 Å². The quantitative estimate of drug-likeness (QED) is 0.319. The van der Waals surface area contributed by atoms with Crippen molar-refractivity contribution in [1.29, 1.82) is 0 Å². The molecule has 0 aliphatic rings. The van der Waals surface area contributed by atoms with Crippen LogP contribution in [-0.2, 0) is 11.3 Å². The van der Waals surface area contributed by atoms with Gasteiger partial charge in [0, 0.05) is 23.2 Å². The second-order valence-electron chi connectivity index (χ2n) is 7.47. The predicted molar refractivity (Wildman–Crippen MR) is 125 cm³/mol. The van der Waals surface area contributed by atoms with Crippen molar-refractivity contribution in [3.05, 3.63) is 110 Å². The maximum absolute atomic E-state index is 13.5. The molecule has 0 radical (unpaired) electrons. The molecule has 5 rings (SSSR count). The van der Waals surface area contributed by atoms with E-state index >= 15 is 0 Å². The average Bonchev–Trinajstić information content (AvgIpc) is 3.23. The van der Waals surface area contributed by atoms with Crippen LogP contribution in [0, 0.1) is 10.1 Å². The minimum Gasteiger partial charge on any atom is -0.449 e. The molecule has 0 aliphatic carbocycles. The Bertz CT molecular complexity index is 1680. The Hall–Kier alpha value is -4.99. The summed E-state index contributed by atoms with van der Waals surface area (Å²) in [6.07, 6.45) is 0. The van der Waals surface area contributed by atoms with Crippen LogP contribution in [0.5, 0.6) is 0 Å². The molecule has 0 spiro atoms. The molecule has 3 aromatic carbocycles. The van der Waals surface area contributed by atoms with Crippen LogP contribution in [0.25, 0.3) is 27.8 Å². The van der Waals surface area contributed by atoms with Crippen LogP contribution in [0.15, 0.2) is 92.9 Å². The van der Waals surface area contributed by atoms with Gasteiger partial charge in [-0.1, -0.05) is 30.3 Å². The highest BCUT2D eigenvalue weighted by Crippen LogP contribution is 2.26. The molecule has 5 aromatic rings. The first kappa shape index (κ1) is 20.9. The average molecular weight is 456 g/mol. The Kier molecular flexibility index (Phi) is 5.02. The first-order valence-corrected chi connectivity index (χ1v) is 10.2. The highest BCUT2D eigenvalue weighted by atomic mass is 16.6. The molecule has 1 N–H and O–H groups in total. The Labute approximate surface area is 190 Å². The number of benzene rings is 3. The van der Waals surface area contributed by atoms with Crippen molar-refractivity contribution in [1.82, 2.24) is 9.13 Å². The van der Waals surface area contributed by atoms with Gasteiger partial charge in [-0.25, -0.2) is 9.36 Å². The van der Waals surface area contributed by atoms with Crippen molar-refractivity contribution in [2.24, 2.45) is 0 Å². The van der Waals surface area contributed by atoms with E-state index in [1.165, 1.54) is 28.8 Å². The molecule has 1 amide bonds. The summed E-state index contributed by atoms with van der Waals surface area (Å²) in [6.45, 7) is -0.414. The second kappa shape index (κ2) is 8.17. The monoisotopic (exact) mass is 456 g/mol. The molecule has 0 saturated heterocycles. The zero-order valence-corrected chi connectivity index (χ0v) is 17.5. The van der Waals surface area contributed by atoms with E-state index in [0.717, 1.165) is 4.57 Å². The van der Waals surface area contributed by atoms with Crippen LogP contribution in [0.4, 0.5) is 11.4 Å². The van der Waals surface area contributed by atoms with Crippen molar-refractivity contribution in [3.63, 3.8) is 0 Å². The van der Waals surface area contributed by atoms with E-state index in [4.69, 9.17) is 4.42 Å². The lowest BCUT2D eigenvalue weighted by Gasteiger charge is -2.12. The molecule has 0 atom stereocenters. The second-order valence-corrected chi connectivity index (χ2v) is 7.47. The molecular weight excluding hydrogens is 440 g/mol. The number of carbonyl (C=O) groups is 1. The molecule has 0 fully saturated rings. The van der Waals surface area contributed by atoms with Crippen molar-refractivity contribution in [3.8, 4) is 5.69 Å². The van der Waals surface area contributed by atoms with Gasteiger partial charge >= 0.3 is 11.2 Å². The maximum Gasteiger partial charge on any atom is 0.336 e. The summed E-state index contributed by atoms with van der Waals surface area (Å²) in [6, 6.07) is 20.5. The standard InChI is InChI=1S/C24H16N4O6/c29-20(25-15-10-12-17(13-11-15)28(32)33)14-26-21-18-8-4-5-9-19(18)34-22(21)23(30)27(24(26)31)16-6-2-1-3-7-16/h1-13H,14H2,(H,25,29). The van der Waals surface area contributed by atoms with Gasteiger partial charge in [0.1, 0.15) is 17.6 Å². The van der Waals surface area contributed by atoms with Crippen molar-refractivity contribution in [2.75, 3.05) is 5.32 Å². The lowest BCUT2D eigenvalue weighted by molar-refractivity contribution is -0.384. The van der Waals surface area contributed by atoms with E-state index in [1.807, 2.05) is 0 Å². The maximum atomic E-state index is 13.5. The highest BCUT2D eigenvalue weighted by molar-refractivity contribution is 6.03. The van der Waals surface area contributed by atoms with Crippen molar-refractivity contribution >= 4 is 39.4 Å². The number of para-hydroxylation sites is 2. The summed E-state index contributed by atoms with van der Waals surface area (Å²) < 4.78 is 7.94. The molecule has 10 heteroatoms. The fourth-order valence-electron chi connectivity index (χ4n) is 3.81. The van der Waals surface area contributed by atoms with Crippen LogP contribution >= 0.6 is 0 Å². The Morgan fingerprint density at radius 3 is 2.32 bits per heavy atom. The number of nitro benzene ring substituents is 1. The molecule has 10 nitrogen and oxygen atoms in total. The first-order valence-electron chi connectivity index (χ1n) is 10.2. The molecule has 168 valence electrons. The van der Waals surface area contributed by atoms with Gasteiger partial charge in [0.25, 0.3) is 5.69 Å². The van der Waals surface area contributed by atoms with Gasteiger partial charge in [0.15, 0.2) is 0 Å². The van der Waals surface area contributed by atoms with E-state index in [0.29, 0.717) is 22.3 Å². The van der Waals surface area contributed by atoms with Crippen molar-refractivity contribution < 1.29 is 14.1 Å². The third kappa shape index (κ3) is 3.52. The number of carbonyl (C=O) groups excluding carboxylic acids is 1. The summed E-state index contributed by atoms with van der Waals surface area (Å²) in [5.74, 6) is -0.555. The molecule has 2 heterocycles. The molecule has 0 aliphatic heterocycles. The molecular formula is C24H16N4O6. The van der Waals surface area contributed by atoms with E-state index in [1.54, 1.807) is 54.6 Å². The van der Waals surface area contributed by atoms with E-state index in [9.17, 15) is 24.5 Å². The van der Waals surface area contributed by atoms with Gasteiger partial charge in [0.05, 0.1) is 10.6 Å². The van der Waals surface area contributed by atoms with Gasteiger partial charge in [-0.3, -0.25) is 24.3 Å². The van der Waals surface area contributed by atoms with Gasteiger partial charge in [-0.2, -0.15) is 0 Å². The summed E-state index contributed by atoms with van der Waals surface area (Å²) >= 11 is 0. The number of nitro groups is 1. The zero-order valence-electron chi connectivity index (χ0n) is 17.5. The van der Waals surface area contributed by atoms with Crippen LogP contribution < -0.4 is 16.6 Å². The van der Waals surface area contributed by atoms with Gasteiger partial charge in [-0.15, -0.1) is 0 Å². The third-order valence-corrected chi connectivity index (χ3v) is 5.34. The summed E-state index contributed by atoms with van der Waals surface area (Å²) in [4.78, 5) is 49.9. The SMILES string of the molecule is O=C(Cn1c(=O)n(-c2ccccc2)c(=O)c2oc3ccccc3c21)Nc1ccc([N+](=O)[O-])cc1. The third-order valence-electron chi connectivity index (χ3n) is 5.34. The molecule has 34 heavy (non-hydrogen) atoms. The molecule has 0 bridgehead atoms. The number of amides is 1. The number of aromatic nitrogens is 2. The Morgan fingerprint density at radius 1 is 0.941 bits per heavy atom. The molecule has 0 saturated carbocycles. The van der Waals surface area contributed by atoms with Gasteiger partial charge in [0.2, 0.25) is 11.5 Å². The lowest BCUT2D eigenvalue weighted by Crippen LogP contribution is -2.40. The number of nitrogens with zero attached hydrogens (tertiary/aromatic N) is 3. The lowest BCUT2D eigenvalue weighted by atomic mass is 10.2. The van der Waals surface area contributed by atoms with Crippen molar-refractivity contribution in [2.45, 2.75) is 6.54 Å². The minimum atomic E-state index is -0.700. The van der Waals surface area contributed by atoms with Crippen LogP contribution in [0.1, 0.15) is 0 Å². The fraction of sp³-hybridized carbons (Fsp3) is 0.0417. The van der Waals surface area contributed by atoms with E-state index < -0.39 is 28.6 Å². The number of nitrogens with one attached hydrogen (secondary N) is 1. The topological polar surface area (TPSA) is 129 Å². The largest absolute Gasteiger partial charge is 0.449 e. The smallest absolute Gasteiger partial charge is 0.336 e. The normalized spacial score (nSPS) is 11.1. The number of furan rings is 1. The van der Waals surface area contributed by atoms with Gasteiger partial charge < -0.3 is 9.73 Å². The number of hydrogen-bond donors (Lipinski definition) is 1. The summed E-state index contributed by atoms with van der Waals surface area (Å²) in [5, 5.41) is 14.0. The summed E-state index contributed by atoms with van der Waals surface area (Å²) in [7, 11) is 0. The summed E-state index contributed by atoms with van der Waals surface area (Å²) in [5.41, 5.74) is -0.203. The van der Waals surface area contributed by atoms with Gasteiger partial charge in [-0.05, 0) is 36.4 Å². The molecule has 0 unspecified atom stereocenters.